The molecule has 7 nitrogen and oxygen atoms in total. The summed E-state index contributed by atoms with van der Waals surface area (Å²) >= 11 is 0. The number of carbonyl (C=O) groups is 3. The first kappa shape index (κ1) is 15.7. The van der Waals surface area contributed by atoms with E-state index in [9.17, 15) is 14.4 Å². The highest BCUT2D eigenvalue weighted by Crippen LogP contribution is 2.11. The second kappa shape index (κ2) is 7.35. The molecule has 116 valence electrons. The Labute approximate surface area is 127 Å². The van der Waals surface area contributed by atoms with Crippen LogP contribution in [0.3, 0.4) is 0 Å². The third-order valence-electron chi connectivity index (χ3n) is 3.10. The van der Waals surface area contributed by atoms with Gasteiger partial charge in [0.2, 0.25) is 11.8 Å². The molecule has 0 spiro atoms. The molecule has 1 aliphatic heterocycles. The Morgan fingerprint density at radius 3 is 2.73 bits per heavy atom. The molecule has 0 unspecified atom stereocenters. The summed E-state index contributed by atoms with van der Waals surface area (Å²) in [4.78, 5) is 34.8. The van der Waals surface area contributed by atoms with E-state index in [0.29, 0.717) is 6.42 Å². The maximum atomic E-state index is 11.9. The average Bonchev–Trinajstić information content (AvgIpc) is 3.01. The highest BCUT2D eigenvalue weighted by molar-refractivity contribution is 5.92. The van der Waals surface area contributed by atoms with Crippen LogP contribution in [0.2, 0.25) is 0 Å². The van der Waals surface area contributed by atoms with Gasteiger partial charge in [0.1, 0.15) is 19.2 Å². The minimum Gasteiger partial charge on any atom is -0.460 e. The van der Waals surface area contributed by atoms with Crippen molar-refractivity contribution >= 4 is 24.0 Å². The fourth-order valence-electron chi connectivity index (χ4n) is 2.00. The lowest BCUT2D eigenvalue weighted by molar-refractivity contribution is -0.146. The summed E-state index contributed by atoms with van der Waals surface area (Å²) in [6.45, 7) is 1.24. The number of carbonyl (C=O) groups excluding carboxylic acids is 3. The first-order valence-electron chi connectivity index (χ1n) is 6.87. The molecule has 1 atom stereocenters. The summed E-state index contributed by atoms with van der Waals surface area (Å²) in [5, 5.41) is 7.38. The van der Waals surface area contributed by atoms with Crippen molar-refractivity contribution < 1.29 is 19.1 Å². The van der Waals surface area contributed by atoms with Crippen molar-refractivity contribution in [1.82, 2.24) is 10.3 Å². The number of ether oxygens (including phenoxy) is 1. The Morgan fingerprint density at radius 2 is 2.05 bits per heavy atom. The van der Waals surface area contributed by atoms with Crippen LogP contribution in [-0.2, 0) is 25.7 Å². The monoisotopic (exact) mass is 303 g/mol. The van der Waals surface area contributed by atoms with E-state index in [1.54, 1.807) is 0 Å². The third-order valence-corrected chi connectivity index (χ3v) is 3.10. The van der Waals surface area contributed by atoms with Crippen LogP contribution < -0.4 is 5.32 Å². The second-order valence-corrected chi connectivity index (χ2v) is 4.78. The topological polar surface area (TPSA) is 88.1 Å². The first-order valence-corrected chi connectivity index (χ1v) is 6.87. The van der Waals surface area contributed by atoms with Crippen molar-refractivity contribution in [2.24, 2.45) is 5.10 Å². The molecule has 1 aromatic carbocycles. The van der Waals surface area contributed by atoms with Crippen LogP contribution in [0.5, 0.6) is 0 Å². The number of esters is 1. The standard InChI is InChI=1S/C15H17N3O4/c1-11(19)18-13(7-8-17-18)15(21)16-9-14(20)22-10-12-5-3-2-4-6-12/h2-6,8,13H,7,9-10H2,1H3,(H,16,21)/t13-/m0/s1. The van der Waals surface area contributed by atoms with Crippen LogP contribution in [0, 0.1) is 0 Å². The molecule has 1 N–H and O–H groups in total. The number of rotatable bonds is 5. The van der Waals surface area contributed by atoms with Gasteiger partial charge >= 0.3 is 5.97 Å². The molecule has 1 aliphatic rings. The van der Waals surface area contributed by atoms with Crippen LogP contribution in [-0.4, -0.2) is 41.6 Å². The van der Waals surface area contributed by atoms with Crippen molar-refractivity contribution in [2.75, 3.05) is 6.54 Å². The quantitative estimate of drug-likeness (QED) is 0.800. The van der Waals surface area contributed by atoms with Gasteiger partial charge < -0.3 is 10.1 Å². The van der Waals surface area contributed by atoms with E-state index in [2.05, 4.69) is 10.4 Å². The Bertz CT molecular complexity index is 586. The summed E-state index contributed by atoms with van der Waals surface area (Å²) in [5.74, 6) is -1.28. The lowest BCUT2D eigenvalue weighted by Crippen LogP contribution is -2.45. The van der Waals surface area contributed by atoms with Gasteiger partial charge in [-0.25, -0.2) is 5.01 Å². The molecule has 1 heterocycles. The van der Waals surface area contributed by atoms with Crippen LogP contribution in [0.1, 0.15) is 18.9 Å². The summed E-state index contributed by atoms with van der Waals surface area (Å²) in [7, 11) is 0. The lowest BCUT2D eigenvalue weighted by Gasteiger charge is -2.19. The zero-order chi connectivity index (χ0) is 15.9. The molecule has 1 aromatic rings. The minimum atomic E-state index is -0.695. The molecule has 0 aromatic heterocycles. The first-order chi connectivity index (χ1) is 10.6. The van der Waals surface area contributed by atoms with E-state index in [-0.39, 0.29) is 19.1 Å². The SMILES string of the molecule is CC(=O)N1N=CC[C@H]1C(=O)NCC(=O)OCc1ccccc1. The fourth-order valence-corrected chi connectivity index (χ4v) is 2.00. The highest BCUT2D eigenvalue weighted by Gasteiger charge is 2.30. The predicted molar refractivity (Wildman–Crippen MR) is 78.7 cm³/mol. The van der Waals surface area contributed by atoms with Crippen molar-refractivity contribution in [3.05, 3.63) is 35.9 Å². The molecule has 0 saturated heterocycles. The molecule has 7 heteroatoms. The predicted octanol–water partition coefficient (Wildman–Crippen LogP) is 0.453. The van der Waals surface area contributed by atoms with Gasteiger partial charge in [0.15, 0.2) is 0 Å². The van der Waals surface area contributed by atoms with E-state index in [1.165, 1.54) is 13.1 Å². The molecule has 22 heavy (non-hydrogen) atoms. The Morgan fingerprint density at radius 1 is 1.32 bits per heavy atom. The minimum absolute atomic E-state index is 0.154. The van der Waals surface area contributed by atoms with E-state index in [0.717, 1.165) is 10.6 Å². The van der Waals surface area contributed by atoms with Crippen LogP contribution in [0.25, 0.3) is 0 Å². The normalized spacial score (nSPS) is 16.4. The van der Waals surface area contributed by atoms with Gasteiger partial charge in [0.25, 0.3) is 0 Å². The zero-order valence-corrected chi connectivity index (χ0v) is 12.2. The van der Waals surface area contributed by atoms with Gasteiger partial charge in [0, 0.05) is 19.6 Å². The van der Waals surface area contributed by atoms with E-state index >= 15 is 0 Å². The third kappa shape index (κ3) is 4.15. The van der Waals surface area contributed by atoms with Crippen LogP contribution in [0.15, 0.2) is 35.4 Å². The van der Waals surface area contributed by atoms with Crippen molar-refractivity contribution in [3.8, 4) is 0 Å². The molecule has 2 amide bonds. The molecule has 0 aliphatic carbocycles. The highest BCUT2D eigenvalue weighted by atomic mass is 16.5. The summed E-state index contributed by atoms with van der Waals surface area (Å²) in [6.07, 6.45) is 1.84. The van der Waals surface area contributed by atoms with Crippen molar-refractivity contribution in [3.63, 3.8) is 0 Å². The van der Waals surface area contributed by atoms with Gasteiger partial charge in [-0.05, 0) is 5.56 Å². The number of hydrogen-bond donors (Lipinski definition) is 1. The molecular weight excluding hydrogens is 286 g/mol. The van der Waals surface area contributed by atoms with E-state index in [1.807, 2.05) is 30.3 Å². The molecular formula is C15H17N3O4. The zero-order valence-electron chi connectivity index (χ0n) is 12.2. The Hall–Kier alpha value is -2.70. The second-order valence-electron chi connectivity index (χ2n) is 4.78. The van der Waals surface area contributed by atoms with Crippen LogP contribution in [0.4, 0.5) is 0 Å². The maximum Gasteiger partial charge on any atom is 0.325 e. The fraction of sp³-hybridized carbons (Fsp3) is 0.333. The van der Waals surface area contributed by atoms with E-state index < -0.39 is 17.9 Å². The molecule has 0 saturated carbocycles. The van der Waals surface area contributed by atoms with Crippen LogP contribution >= 0.6 is 0 Å². The molecule has 0 radical (unpaired) electrons. The van der Waals surface area contributed by atoms with Gasteiger partial charge in [-0.3, -0.25) is 14.4 Å². The number of amides is 2. The van der Waals surface area contributed by atoms with Crippen molar-refractivity contribution in [1.29, 1.82) is 0 Å². The average molecular weight is 303 g/mol. The summed E-state index contributed by atoms with van der Waals surface area (Å²) in [6, 6.07) is 8.55. The van der Waals surface area contributed by atoms with Crippen molar-refractivity contribution in [2.45, 2.75) is 26.0 Å². The Kier molecular flexibility index (Phi) is 5.24. The number of hydrazone groups is 1. The summed E-state index contributed by atoms with van der Waals surface area (Å²) < 4.78 is 5.05. The molecule has 0 bridgehead atoms. The number of nitrogens with one attached hydrogen (secondary N) is 1. The van der Waals surface area contributed by atoms with Gasteiger partial charge in [0.05, 0.1) is 0 Å². The Balaban J connectivity index is 1.74. The van der Waals surface area contributed by atoms with Gasteiger partial charge in [-0.1, -0.05) is 30.3 Å². The summed E-state index contributed by atoms with van der Waals surface area (Å²) in [5.41, 5.74) is 0.870. The van der Waals surface area contributed by atoms with E-state index in [4.69, 9.17) is 4.74 Å². The molecule has 2 rings (SSSR count). The number of benzene rings is 1. The largest absolute Gasteiger partial charge is 0.460 e. The number of hydrogen-bond acceptors (Lipinski definition) is 5. The lowest BCUT2D eigenvalue weighted by atomic mass is 10.2. The maximum absolute atomic E-state index is 11.9. The molecule has 0 fully saturated rings. The number of nitrogens with zero attached hydrogens (tertiary/aromatic N) is 2. The smallest absolute Gasteiger partial charge is 0.325 e. The van der Waals surface area contributed by atoms with Gasteiger partial charge in [-0.2, -0.15) is 5.10 Å². The van der Waals surface area contributed by atoms with Gasteiger partial charge in [-0.15, -0.1) is 0 Å².